The Morgan fingerprint density at radius 1 is 1.00 bits per heavy atom. The highest BCUT2D eigenvalue weighted by Crippen LogP contribution is 2.14. The molecule has 0 bridgehead atoms. The molecule has 8 heteroatoms. The van der Waals surface area contributed by atoms with E-state index in [1.165, 1.54) is 5.56 Å². The molecule has 1 amide bonds. The zero-order valence-electron chi connectivity index (χ0n) is 15.0. The molecular weight excluding hydrogens is 395 g/mol. The maximum absolute atomic E-state index is 12.2. The maximum atomic E-state index is 12.2. The number of benzene rings is 1. The summed E-state index contributed by atoms with van der Waals surface area (Å²) in [6.45, 7) is 9.57. The van der Waals surface area contributed by atoms with Crippen molar-refractivity contribution in [3.63, 3.8) is 0 Å². The van der Waals surface area contributed by atoms with Crippen LogP contribution in [-0.2, 0) is 11.3 Å². The zero-order valence-corrected chi connectivity index (χ0v) is 17.4. The molecule has 0 unspecified atom stereocenters. The van der Waals surface area contributed by atoms with Gasteiger partial charge in [0.2, 0.25) is 5.91 Å². The molecule has 0 aromatic heterocycles. The van der Waals surface area contributed by atoms with Gasteiger partial charge in [0, 0.05) is 76.9 Å². The van der Waals surface area contributed by atoms with Crippen molar-refractivity contribution in [2.45, 2.75) is 13.0 Å². The van der Waals surface area contributed by atoms with Gasteiger partial charge in [-0.25, -0.2) is 0 Å². The van der Waals surface area contributed by atoms with E-state index in [-0.39, 0.29) is 24.8 Å². The lowest BCUT2D eigenvalue weighted by atomic mass is 10.2. The Morgan fingerprint density at radius 2 is 1.65 bits per heavy atom. The average Bonchev–Trinajstić information content (AvgIpc) is 2.62. The fourth-order valence-electron chi connectivity index (χ4n) is 3.39. The minimum atomic E-state index is 0. The van der Waals surface area contributed by atoms with E-state index in [2.05, 4.69) is 21.2 Å². The number of nitrogens with one attached hydrogen (secondary N) is 1. The molecule has 0 aliphatic carbocycles. The minimum absolute atomic E-state index is 0. The van der Waals surface area contributed by atoms with Crippen LogP contribution in [-0.4, -0.2) is 79.5 Å². The number of nitrogens with zero attached hydrogens (tertiary/aromatic N) is 3. The molecule has 2 heterocycles. The lowest BCUT2D eigenvalue weighted by Crippen LogP contribution is -2.49. The van der Waals surface area contributed by atoms with Crippen LogP contribution in [0.4, 0.5) is 0 Å². The summed E-state index contributed by atoms with van der Waals surface area (Å²) in [7, 11) is 0. The van der Waals surface area contributed by atoms with Crippen LogP contribution in [0.25, 0.3) is 0 Å². The molecule has 2 saturated heterocycles. The van der Waals surface area contributed by atoms with Gasteiger partial charge in [0.1, 0.15) is 0 Å². The zero-order chi connectivity index (χ0) is 16.8. The van der Waals surface area contributed by atoms with Crippen LogP contribution in [0.1, 0.15) is 12.0 Å². The molecule has 2 aliphatic heterocycles. The summed E-state index contributed by atoms with van der Waals surface area (Å²) >= 11 is 6.05. The molecule has 26 heavy (non-hydrogen) atoms. The van der Waals surface area contributed by atoms with Gasteiger partial charge in [-0.05, 0) is 17.7 Å². The summed E-state index contributed by atoms with van der Waals surface area (Å²) in [5.41, 5.74) is 1.27. The Morgan fingerprint density at radius 3 is 2.31 bits per heavy atom. The quantitative estimate of drug-likeness (QED) is 0.787. The van der Waals surface area contributed by atoms with Crippen LogP contribution >= 0.6 is 36.4 Å². The van der Waals surface area contributed by atoms with Gasteiger partial charge in [-0.1, -0.05) is 23.7 Å². The lowest BCUT2D eigenvalue weighted by molar-refractivity contribution is -0.132. The van der Waals surface area contributed by atoms with Crippen molar-refractivity contribution in [3.8, 4) is 0 Å². The van der Waals surface area contributed by atoms with Gasteiger partial charge < -0.3 is 15.1 Å². The monoisotopic (exact) mass is 422 g/mol. The third kappa shape index (κ3) is 7.22. The van der Waals surface area contributed by atoms with Gasteiger partial charge in [-0.2, -0.15) is 0 Å². The van der Waals surface area contributed by atoms with Crippen LogP contribution in [0.15, 0.2) is 24.3 Å². The number of hydrogen-bond donors (Lipinski definition) is 1. The summed E-state index contributed by atoms with van der Waals surface area (Å²) in [5.74, 6) is 0.304. The van der Waals surface area contributed by atoms with E-state index < -0.39 is 0 Å². The second kappa shape index (κ2) is 12.0. The van der Waals surface area contributed by atoms with Crippen molar-refractivity contribution < 1.29 is 4.79 Å². The summed E-state index contributed by atoms with van der Waals surface area (Å²) in [6, 6.07) is 8.10. The molecule has 0 saturated carbocycles. The van der Waals surface area contributed by atoms with Crippen LogP contribution in [0.2, 0.25) is 5.02 Å². The van der Waals surface area contributed by atoms with Gasteiger partial charge in [-0.3, -0.25) is 9.69 Å². The summed E-state index contributed by atoms with van der Waals surface area (Å²) in [6.07, 6.45) is 0.647. The van der Waals surface area contributed by atoms with Crippen molar-refractivity contribution in [2.24, 2.45) is 0 Å². The van der Waals surface area contributed by atoms with E-state index in [1.807, 2.05) is 23.1 Å². The number of amides is 1. The van der Waals surface area contributed by atoms with Crippen molar-refractivity contribution in [1.82, 2.24) is 20.0 Å². The third-order valence-electron chi connectivity index (χ3n) is 4.87. The topological polar surface area (TPSA) is 38.8 Å². The number of hydrogen-bond acceptors (Lipinski definition) is 4. The lowest BCUT2D eigenvalue weighted by Gasteiger charge is -2.35. The van der Waals surface area contributed by atoms with Crippen LogP contribution in [0.3, 0.4) is 0 Å². The van der Waals surface area contributed by atoms with Crippen LogP contribution in [0, 0.1) is 0 Å². The van der Waals surface area contributed by atoms with Crippen molar-refractivity contribution in [1.29, 1.82) is 0 Å². The molecule has 3 rings (SSSR count). The summed E-state index contributed by atoms with van der Waals surface area (Å²) < 4.78 is 0. The second-order valence-electron chi connectivity index (χ2n) is 6.63. The molecule has 0 atom stereocenters. The molecule has 1 aromatic rings. The van der Waals surface area contributed by atoms with Gasteiger partial charge >= 0.3 is 0 Å². The molecular formula is C18H29Cl3N4O. The molecule has 0 spiro atoms. The predicted molar refractivity (Wildman–Crippen MR) is 112 cm³/mol. The minimum Gasteiger partial charge on any atom is -0.340 e. The highest BCUT2D eigenvalue weighted by atomic mass is 35.5. The Hall–Kier alpha value is -0.560. The van der Waals surface area contributed by atoms with Crippen LogP contribution in [0.5, 0.6) is 0 Å². The van der Waals surface area contributed by atoms with Crippen molar-refractivity contribution in [2.75, 3.05) is 58.9 Å². The molecule has 1 N–H and O–H groups in total. The molecule has 2 fully saturated rings. The Bertz CT molecular complexity index is 547. The van der Waals surface area contributed by atoms with E-state index in [1.54, 1.807) is 0 Å². The SMILES string of the molecule is Cl.Cl.O=C(CCN1CCN(Cc2cccc(Cl)c2)CC1)N1CCNCC1. The first-order valence-corrected chi connectivity index (χ1v) is 9.26. The van der Waals surface area contributed by atoms with Gasteiger partial charge in [0.05, 0.1) is 0 Å². The molecule has 2 aliphatic rings. The molecule has 1 aromatic carbocycles. The van der Waals surface area contributed by atoms with Crippen molar-refractivity contribution >= 4 is 42.3 Å². The molecule has 148 valence electrons. The number of halogens is 3. The third-order valence-corrected chi connectivity index (χ3v) is 5.11. The van der Waals surface area contributed by atoms with Gasteiger partial charge in [0.15, 0.2) is 0 Å². The summed E-state index contributed by atoms with van der Waals surface area (Å²) in [4.78, 5) is 19.1. The highest BCUT2D eigenvalue weighted by Gasteiger charge is 2.20. The average molecular weight is 424 g/mol. The van der Waals surface area contributed by atoms with E-state index in [4.69, 9.17) is 11.6 Å². The first-order valence-electron chi connectivity index (χ1n) is 8.88. The Kier molecular flexibility index (Phi) is 10.8. The van der Waals surface area contributed by atoms with Gasteiger partial charge in [-0.15, -0.1) is 24.8 Å². The predicted octanol–water partition coefficient (Wildman–Crippen LogP) is 2.12. The van der Waals surface area contributed by atoms with E-state index in [0.717, 1.165) is 70.5 Å². The number of carbonyl (C=O) groups is 1. The molecule has 5 nitrogen and oxygen atoms in total. The second-order valence-corrected chi connectivity index (χ2v) is 7.06. The number of rotatable bonds is 5. The van der Waals surface area contributed by atoms with E-state index >= 15 is 0 Å². The largest absolute Gasteiger partial charge is 0.340 e. The van der Waals surface area contributed by atoms with Crippen molar-refractivity contribution in [3.05, 3.63) is 34.9 Å². The summed E-state index contributed by atoms with van der Waals surface area (Å²) in [5, 5.41) is 4.09. The first-order chi connectivity index (χ1) is 11.7. The number of carbonyl (C=O) groups excluding carboxylic acids is 1. The standard InChI is InChI=1S/C18H27ClN4O.2ClH/c19-17-3-1-2-16(14-17)15-22-12-10-21(11-13-22)7-4-18(24)23-8-5-20-6-9-23;;/h1-3,14,20H,4-13,15H2;2*1H. The van der Waals surface area contributed by atoms with E-state index in [0.29, 0.717) is 12.3 Å². The first kappa shape index (κ1) is 23.5. The normalized spacial score (nSPS) is 18.7. The number of piperazine rings is 2. The molecule has 0 radical (unpaired) electrons. The Labute approximate surface area is 173 Å². The fraction of sp³-hybridized carbons (Fsp3) is 0.611. The van der Waals surface area contributed by atoms with E-state index in [9.17, 15) is 4.79 Å². The highest BCUT2D eigenvalue weighted by molar-refractivity contribution is 6.30. The van der Waals surface area contributed by atoms with Gasteiger partial charge in [0.25, 0.3) is 0 Å². The fourth-order valence-corrected chi connectivity index (χ4v) is 3.60. The maximum Gasteiger partial charge on any atom is 0.223 e. The van der Waals surface area contributed by atoms with Crippen LogP contribution < -0.4 is 5.32 Å². The Balaban J connectivity index is 0.00000169. The smallest absolute Gasteiger partial charge is 0.223 e.